The Morgan fingerprint density at radius 3 is 2.50 bits per heavy atom. The fourth-order valence-electron chi connectivity index (χ4n) is 1.18. The number of hydrogen-bond acceptors (Lipinski definition) is 3. The largest absolute Gasteiger partial charge is 0.497 e. The summed E-state index contributed by atoms with van der Waals surface area (Å²) in [5.41, 5.74) is 1.22. The molecule has 73 valence electrons. The summed E-state index contributed by atoms with van der Waals surface area (Å²) in [6, 6.07) is 8.06. The van der Waals surface area contributed by atoms with Gasteiger partial charge >= 0.3 is 0 Å². The van der Waals surface area contributed by atoms with Gasteiger partial charge < -0.3 is 4.74 Å². The van der Waals surface area contributed by atoms with E-state index < -0.39 is 0 Å². The van der Waals surface area contributed by atoms with Gasteiger partial charge in [-0.3, -0.25) is 0 Å². The monoisotopic (exact) mass is 241 g/mol. The molecule has 14 heavy (non-hydrogen) atoms. The van der Waals surface area contributed by atoms with Crippen molar-refractivity contribution in [3.8, 4) is 5.75 Å². The summed E-state index contributed by atoms with van der Waals surface area (Å²) in [5.74, 6) is 0.889. The normalized spacial score (nSPS) is 20.7. The first-order valence-electron chi connectivity index (χ1n) is 4.15. The molecule has 1 aromatic carbocycles. The van der Waals surface area contributed by atoms with Gasteiger partial charge in [-0.25, -0.2) is 0 Å². The van der Waals surface area contributed by atoms with Crippen LogP contribution in [0, 0.1) is 0 Å². The van der Waals surface area contributed by atoms with Crippen molar-refractivity contribution < 1.29 is 4.74 Å². The molecule has 0 N–H and O–H groups in total. The van der Waals surface area contributed by atoms with E-state index >= 15 is 0 Å². The van der Waals surface area contributed by atoms with Crippen LogP contribution in [-0.4, -0.2) is 11.7 Å². The minimum Gasteiger partial charge on any atom is -0.497 e. The SMILES string of the molecule is COc1ccc(C2=CC([S])SS2)cc1. The van der Waals surface area contributed by atoms with Crippen LogP contribution in [0.1, 0.15) is 5.56 Å². The van der Waals surface area contributed by atoms with Crippen LogP contribution in [0.15, 0.2) is 30.3 Å². The molecule has 1 aromatic rings. The van der Waals surface area contributed by atoms with Crippen LogP contribution in [0.4, 0.5) is 0 Å². The van der Waals surface area contributed by atoms with Crippen LogP contribution in [0.5, 0.6) is 5.75 Å². The molecule has 0 amide bonds. The van der Waals surface area contributed by atoms with E-state index in [1.165, 1.54) is 10.5 Å². The van der Waals surface area contributed by atoms with Gasteiger partial charge in [-0.15, -0.1) is 0 Å². The van der Waals surface area contributed by atoms with Gasteiger partial charge in [0.1, 0.15) is 5.75 Å². The smallest absolute Gasteiger partial charge is 0.118 e. The highest BCUT2D eigenvalue weighted by molar-refractivity contribution is 8.82. The molecule has 1 nitrogen and oxygen atoms in total. The lowest BCUT2D eigenvalue weighted by atomic mass is 10.2. The second-order valence-corrected chi connectivity index (χ2v) is 6.00. The lowest BCUT2D eigenvalue weighted by Crippen LogP contribution is -1.83. The molecule has 0 bridgehead atoms. The van der Waals surface area contributed by atoms with Crippen LogP contribution in [-0.2, 0) is 0 Å². The molecule has 1 aliphatic heterocycles. The average Bonchev–Trinajstić information content (AvgIpc) is 2.65. The topological polar surface area (TPSA) is 9.23 Å². The van der Waals surface area contributed by atoms with Crippen LogP contribution < -0.4 is 4.74 Å². The zero-order chi connectivity index (χ0) is 9.97. The summed E-state index contributed by atoms with van der Waals surface area (Å²) >= 11 is 5.17. The molecule has 2 rings (SSSR count). The van der Waals surface area contributed by atoms with Gasteiger partial charge in [0.2, 0.25) is 0 Å². The molecule has 1 atom stereocenters. The Bertz CT molecular complexity index is 345. The minimum atomic E-state index is 0.206. The van der Waals surface area contributed by atoms with Gasteiger partial charge in [-0.1, -0.05) is 46.3 Å². The summed E-state index contributed by atoms with van der Waals surface area (Å²) in [4.78, 5) is 1.26. The van der Waals surface area contributed by atoms with E-state index in [-0.39, 0.29) is 4.58 Å². The molecule has 1 aliphatic rings. The van der Waals surface area contributed by atoms with Gasteiger partial charge in [0, 0.05) is 4.91 Å². The van der Waals surface area contributed by atoms with Crippen LogP contribution in [0.3, 0.4) is 0 Å². The highest BCUT2D eigenvalue weighted by Gasteiger charge is 2.15. The highest BCUT2D eigenvalue weighted by Crippen LogP contribution is 2.48. The molecule has 4 heteroatoms. The van der Waals surface area contributed by atoms with Crippen LogP contribution >= 0.6 is 34.2 Å². The molecule has 0 fully saturated rings. The average molecular weight is 241 g/mol. The third-order valence-corrected chi connectivity index (χ3v) is 5.11. The second kappa shape index (κ2) is 4.55. The van der Waals surface area contributed by atoms with Crippen molar-refractivity contribution in [2.45, 2.75) is 4.58 Å². The van der Waals surface area contributed by atoms with Crippen molar-refractivity contribution in [3.05, 3.63) is 35.9 Å². The number of benzene rings is 1. The Labute approximate surface area is 97.1 Å². The molecule has 0 spiro atoms. The quantitative estimate of drug-likeness (QED) is 0.725. The lowest BCUT2D eigenvalue weighted by Gasteiger charge is -2.02. The molecule has 0 saturated heterocycles. The highest BCUT2D eigenvalue weighted by atomic mass is 33.1. The van der Waals surface area contributed by atoms with Crippen molar-refractivity contribution in [1.29, 1.82) is 0 Å². The number of ether oxygens (including phenoxy) is 1. The Hall–Kier alpha value is -0.190. The maximum Gasteiger partial charge on any atom is 0.118 e. The zero-order valence-corrected chi connectivity index (χ0v) is 10.0. The number of methoxy groups -OCH3 is 1. The van der Waals surface area contributed by atoms with E-state index in [1.807, 2.05) is 12.1 Å². The summed E-state index contributed by atoms with van der Waals surface area (Å²) in [7, 11) is 5.14. The number of hydrogen-bond donors (Lipinski definition) is 0. The maximum atomic E-state index is 5.17. The molecule has 0 aliphatic carbocycles. The molecule has 1 unspecified atom stereocenters. The fraction of sp³-hybridized carbons (Fsp3) is 0.200. The fourth-order valence-corrected chi connectivity index (χ4v) is 3.87. The Morgan fingerprint density at radius 2 is 2.00 bits per heavy atom. The van der Waals surface area contributed by atoms with Crippen molar-refractivity contribution in [1.82, 2.24) is 0 Å². The first-order valence-corrected chi connectivity index (χ1v) is 6.83. The number of rotatable bonds is 2. The summed E-state index contributed by atoms with van der Waals surface area (Å²) in [5, 5.41) is 0. The standard InChI is InChI=1S/C10H9OS3/c1-11-8-4-2-7(3-5-8)9-6-10(12)14-13-9/h2-6,10H,1H3. The molecular weight excluding hydrogens is 232 g/mol. The second-order valence-electron chi connectivity index (χ2n) is 2.81. The maximum absolute atomic E-state index is 5.17. The molecule has 1 heterocycles. The Kier molecular flexibility index (Phi) is 3.36. The predicted molar refractivity (Wildman–Crippen MR) is 67.5 cm³/mol. The third-order valence-electron chi connectivity index (χ3n) is 1.89. The first kappa shape index (κ1) is 10.3. The van der Waals surface area contributed by atoms with E-state index in [4.69, 9.17) is 17.4 Å². The van der Waals surface area contributed by atoms with Crippen molar-refractivity contribution in [2.75, 3.05) is 7.11 Å². The van der Waals surface area contributed by atoms with E-state index in [0.717, 1.165) is 5.75 Å². The lowest BCUT2D eigenvalue weighted by molar-refractivity contribution is 0.415. The summed E-state index contributed by atoms with van der Waals surface area (Å²) < 4.78 is 5.31. The van der Waals surface area contributed by atoms with Crippen molar-refractivity contribution in [2.24, 2.45) is 0 Å². The predicted octanol–water partition coefficient (Wildman–Crippen LogP) is 3.95. The van der Waals surface area contributed by atoms with E-state index in [0.29, 0.717) is 0 Å². The first-order chi connectivity index (χ1) is 6.79. The molecule has 0 saturated carbocycles. The van der Waals surface area contributed by atoms with Gasteiger partial charge in [-0.05, 0) is 23.8 Å². The molecule has 0 aromatic heterocycles. The third kappa shape index (κ3) is 2.24. The summed E-state index contributed by atoms with van der Waals surface area (Å²) in [6.07, 6.45) is 2.12. The van der Waals surface area contributed by atoms with Gasteiger partial charge in [0.25, 0.3) is 0 Å². The van der Waals surface area contributed by atoms with E-state index in [1.54, 1.807) is 28.7 Å². The Morgan fingerprint density at radius 1 is 1.29 bits per heavy atom. The van der Waals surface area contributed by atoms with Gasteiger partial charge in [0.05, 0.1) is 11.7 Å². The van der Waals surface area contributed by atoms with E-state index in [2.05, 4.69) is 18.2 Å². The molecule has 1 radical (unpaired) electrons. The minimum absolute atomic E-state index is 0.206. The van der Waals surface area contributed by atoms with E-state index in [9.17, 15) is 0 Å². The van der Waals surface area contributed by atoms with Crippen molar-refractivity contribution in [3.63, 3.8) is 0 Å². The van der Waals surface area contributed by atoms with Gasteiger partial charge in [-0.2, -0.15) is 0 Å². The van der Waals surface area contributed by atoms with Crippen LogP contribution in [0.2, 0.25) is 0 Å². The zero-order valence-electron chi connectivity index (χ0n) is 7.60. The molecular formula is C10H9OS3. The summed E-state index contributed by atoms with van der Waals surface area (Å²) in [6.45, 7) is 0. The Balaban J connectivity index is 2.21. The van der Waals surface area contributed by atoms with Gasteiger partial charge in [0.15, 0.2) is 0 Å². The van der Waals surface area contributed by atoms with Crippen molar-refractivity contribution >= 4 is 39.1 Å². The van der Waals surface area contributed by atoms with Crippen LogP contribution in [0.25, 0.3) is 4.91 Å².